The number of hydrogen-bond acceptors (Lipinski definition) is 3. The van der Waals surface area contributed by atoms with Crippen LogP contribution in [0.1, 0.15) is 25.8 Å². The van der Waals surface area contributed by atoms with Gasteiger partial charge < -0.3 is 9.47 Å². The van der Waals surface area contributed by atoms with Gasteiger partial charge in [0.2, 0.25) is 0 Å². The lowest BCUT2D eigenvalue weighted by Crippen LogP contribution is -2.41. The number of benzene rings is 1. The van der Waals surface area contributed by atoms with Crippen molar-refractivity contribution in [2.75, 3.05) is 0 Å². The van der Waals surface area contributed by atoms with E-state index in [1.54, 1.807) is 6.92 Å². The SMILES string of the molecule is CCC1(Cc2ccccc2)OC(=O)C=C(C)O1. The van der Waals surface area contributed by atoms with E-state index >= 15 is 0 Å². The molecular weight excluding hydrogens is 216 g/mol. The van der Waals surface area contributed by atoms with Crippen molar-refractivity contribution in [1.82, 2.24) is 0 Å². The van der Waals surface area contributed by atoms with E-state index in [0.717, 1.165) is 5.56 Å². The normalized spacial score (nSPS) is 23.6. The van der Waals surface area contributed by atoms with E-state index in [0.29, 0.717) is 18.6 Å². The maximum Gasteiger partial charge on any atom is 0.337 e. The summed E-state index contributed by atoms with van der Waals surface area (Å²) in [5.41, 5.74) is 1.09. The molecule has 1 atom stereocenters. The molecule has 0 saturated carbocycles. The smallest absolute Gasteiger partial charge is 0.337 e. The Morgan fingerprint density at radius 1 is 1.18 bits per heavy atom. The summed E-state index contributed by atoms with van der Waals surface area (Å²) in [4.78, 5) is 11.5. The Morgan fingerprint density at radius 2 is 1.88 bits per heavy atom. The van der Waals surface area contributed by atoms with Crippen LogP contribution in [0.25, 0.3) is 0 Å². The first-order chi connectivity index (χ1) is 8.13. The highest BCUT2D eigenvalue weighted by molar-refractivity contribution is 5.83. The number of hydrogen-bond donors (Lipinski definition) is 0. The fraction of sp³-hybridized carbons (Fsp3) is 0.357. The van der Waals surface area contributed by atoms with Crippen LogP contribution in [-0.4, -0.2) is 11.8 Å². The van der Waals surface area contributed by atoms with Gasteiger partial charge in [0.05, 0.1) is 6.08 Å². The maximum atomic E-state index is 11.5. The van der Waals surface area contributed by atoms with Gasteiger partial charge in [0.15, 0.2) is 0 Å². The molecule has 3 nitrogen and oxygen atoms in total. The van der Waals surface area contributed by atoms with Gasteiger partial charge in [0.25, 0.3) is 5.79 Å². The number of esters is 1. The third-order valence-corrected chi connectivity index (χ3v) is 2.81. The van der Waals surface area contributed by atoms with Crippen LogP contribution in [-0.2, 0) is 20.7 Å². The molecule has 17 heavy (non-hydrogen) atoms. The van der Waals surface area contributed by atoms with Gasteiger partial charge >= 0.3 is 5.97 Å². The monoisotopic (exact) mass is 232 g/mol. The molecule has 0 aromatic heterocycles. The van der Waals surface area contributed by atoms with Crippen LogP contribution in [0.4, 0.5) is 0 Å². The van der Waals surface area contributed by atoms with E-state index in [2.05, 4.69) is 0 Å². The van der Waals surface area contributed by atoms with Crippen LogP contribution in [0.2, 0.25) is 0 Å². The summed E-state index contributed by atoms with van der Waals surface area (Å²) < 4.78 is 11.1. The zero-order valence-electron chi connectivity index (χ0n) is 10.1. The lowest BCUT2D eigenvalue weighted by molar-refractivity contribution is -0.221. The van der Waals surface area contributed by atoms with Crippen LogP contribution in [0.3, 0.4) is 0 Å². The molecule has 0 radical (unpaired) electrons. The Kier molecular flexibility index (Phi) is 3.18. The molecule has 0 spiro atoms. The van der Waals surface area contributed by atoms with Crippen molar-refractivity contribution in [1.29, 1.82) is 0 Å². The molecule has 1 aromatic carbocycles. The predicted molar refractivity (Wildman–Crippen MR) is 64.1 cm³/mol. The van der Waals surface area contributed by atoms with E-state index in [1.165, 1.54) is 6.08 Å². The summed E-state index contributed by atoms with van der Waals surface area (Å²) in [5, 5.41) is 0. The minimum atomic E-state index is -0.850. The van der Waals surface area contributed by atoms with E-state index < -0.39 is 5.79 Å². The zero-order valence-corrected chi connectivity index (χ0v) is 10.1. The van der Waals surface area contributed by atoms with Gasteiger partial charge in [-0.25, -0.2) is 4.79 Å². The minimum absolute atomic E-state index is 0.327. The van der Waals surface area contributed by atoms with Gasteiger partial charge in [0, 0.05) is 12.8 Å². The maximum absolute atomic E-state index is 11.5. The number of carbonyl (C=O) groups excluding carboxylic acids is 1. The number of allylic oxidation sites excluding steroid dienone is 1. The Morgan fingerprint density at radius 3 is 2.47 bits per heavy atom. The van der Waals surface area contributed by atoms with E-state index in [4.69, 9.17) is 9.47 Å². The molecule has 0 saturated heterocycles. The zero-order chi connectivity index (χ0) is 12.3. The molecule has 0 aliphatic carbocycles. The number of ether oxygens (including phenoxy) is 2. The van der Waals surface area contributed by atoms with Gasteiger partial charge in [-0.15, -0.1) is 0 Å². The topological polar surface area (TPSA) is 35.5 Å². The van der Waals surface area contributed by atoms with Gasteiger partial charge in [-0.3, -0.25) is 0 Å². The quantitative estimate of drug-likeness (QED) is 0.752. The number of cyclic esters (lactones) is 1. The third-order valence-electron chi connectivity index (χ3n) is 2.81. The molecule has 1 aliphatic rings. The van der Waals surface area contributed by atoms with Gasteiger partial charge in [0.1, 0.15) is 5.76 Å². The van der Waals surface area contributed by atoms with Crippen LogP contribution in [0, 0.1) is 0 Å². The van der Waals surface area contributed by atoms with Crippen molar-refractivity contribution in [3.05, 3.63) is 47.7 Å². The lowest BCUT2D eigenvalue weighted by Gasteiger charge is -2.35. The summed E-state index contributed by atoms with van der Waals surface area (Å²) in [6, 6.07) is 9.89. The predicted octanol–water partition coefficient (Wildman–Crippen LogP) is 2.81. The second kappa shape index (κ2) is 4.62. The number of carbonyl (C=O) groups is 1. The second-order valence-corrected chi connectivity index (χ2v) is 4.20. The Balaban J connectivity index is 2.21. The van der Waals surface area contributed by atoms with E-state index in [1.807, 2.05) is 37.3 Å². The summed E-state index contributed by atoms with van der Waals surface area (Å²) in [6.07, 6.45) is 2.57. The summed E-state index contributed by atoms with van der Waals surface area (Å²) in [7, 11) is 0. The Hall–Kier alpha value is -1.77. The summed E-state index contributed by atoms with van der Waals surface area (Å²) >= 11 is 0. The molecule has 2 rings (SSSR count). The molecule has 90 valence electrons. The van der Waals surface area contributed by atoms with E-state index in [9.17, 15) is 4.79 Å². The first-order valence-corrected chi connectivity index (χ1v) is 5.78. The van der Waals surface area contributed by atoms with Gasteiger partial charge in [-0.1, -0.05) is 37.3 Å². The largest absolute Gasteiger partial charge is 0.456 e. The van der Waals surface area contributed by atoms with Crippen molar-refractivity contribution in [2.24, 2.45) is 0 Å². The third kappa shape index (κ3) is 2.67. The molecule has 0 bridgehead atoms. The highest BCUT2D eigenvalue weighted by Crippen LogP contribution is 2.29. The van der Waals surface area contributed by atoms with Crippen molar-refractivity contribution in [3.63, 3.8) is 0 Å². The molecule has 1 aromatic rings. The van der Waals surface area contributed by atoms with Crippen LogP contribution in [0.5, 0.6) is 0 Å². The average Bonchev–Trinajstić information content (AvgIpc) is 2.29. The van der Waals surface area contributed by atoms with E-state index in [-0.39, 0.29) is 5.97 Å². The fourth-order valence-corrected chi connectivity index (χ4v) is 1.97. The Labute approximate surface area is 101 Å². The molecule has 0 amide bonds. The van der Waals surface area contributed by atoms with Crippen molar-refractivity contribution < 1.29 is 14.3 Å². The standard InChI is InChI=1S/C14H16O3/c1-3-14(10-12-7-5-4-6-8-12)16-11(2)9-13(15)17-14/h4-9H,3,10H2,1-2H3. The molecular formula is C14H16O3. The Bertz CT molecular complexity index is 436. The fourth-order valence-electron chi connectivity index (χ4n) is 1.97. The minimum Gasteiger partial charge on any atom is -0.456 e. The molecule has 1 heterocycles. The van der Waals surface area contributed by atoms with Crippen molar-refractivity contribution in [3.8, 4) is 0 Å². The first-order valence-electron chi connectivity index (χ1n) is 5.78. The summed E-state index contributed by atoms with van der Waals surface area (Å²) in [5.74, 6) is -0.567. The molecule has 3 heteroatoms. The molecule has 1 unspecified atom stereocenters. The molecule has 1 aliphatic heterocycles. The van der Waals surface area contributed by atoms with Crippen molar-refractivity contribution >= 4 is 5.97 Å². The first kappa shape index (κ1) is 11.7. The van der Waals surface area contributed by atoms with Crippen molar-refractivity contribution in [2.45, 2.75) is 32.5 Å². The number of rotatable bonds is 3. The summed E-state index contributed by atoms with van der Waals surface area (Å²) in [6.45, 7) is 3.73. The second-order valence-electron chi connectivity index (χ2n) is 4.20. The lowest BCUT2D eigenvalue weighted by atomic mass is 10.0. The van der Waals surface area contributed by atoms with Crippen LogP contribution in [0.15, 0.2) is 42.2 Å². The average molecular weight is 232 g/mol. The van der Waals surface area contributed by atoms with Gasteiger partial charge in [-0.2, -0.15) is 0 Å². The van der Waals surface area contributed by atoms with Gasteiger partial charge in [-0.05, 0) is 12.5 Å². The highest BCUT2D eigenvalue weighted by atomic mass is 16.7. The van der Waals surface area contributed by atoms with Crippen LogP contribution < -0.4 is 0 Å². The molecule has 0 fully saturated rings. The highest BCUT2D eigenvalue weighted by Gasteiger charge is 2.37. The van der Waals surface area contributed by atoms with Crippen LogP contribution >= 0.6 is 0 Å². The molecule has 0 N–H and O–H groups in total.